The third kappa shape index (κ3) is 2.44. The molecule has 0 fully saturated rings. The molecule has 112 valence electrons. The van der Waals surface area contributed by atoms with Gasteiger partial charge in [-0.05, 0) is 43.7 Å². The second-order valence-electron chi connectivity index (χ2n) is 5.30. The van der Waals surface area contributed by atoms with Crippen molar-refractivity contribution in [1.82, 2.24) is 9.78 Å². The fraction of sp³-hybridized carbons (Fsp3) is 0.167. The first-order chi connectivity index (χ1) is 10.6. The van der Waals surface area contributed by atoms with Crippen molar-refractivity contribution in [2.75, 3.05) is 7.11 Å². The molecule has 2 aromatic carbocycles. The summed E-state index contributed by atoms with van der Waals surface area (Å²) in [6.45, 7) is 3.97. The van der Waals surface area contributed by atoms with Crippen LogP contribution in [0.3, 0.4) is 0 Å². The Morgan fingerprint density at radius 3 is 2.18 bits per heavy atom. The lowest BCUT2D eigenvalue weighted by Crippen LogP contribution is -2.05. The molecule has 0 spiro atoms. The Kier molecular flexibility index (Phi) is 3.59. The Hall–Kier alpha value is -2.75. The number of aromatic amines is 1. The van der Waals surface area contributed by atoms with E-state index in [4.69, 9.17) is 4.74 Å². The van der Waals surface area contributed by atoms with E-state index in [0.29, 0.717) is 5.56 Å². The third-order valence-electron chi connectivity index (χ3n) is 3.81. The lowest BCUT2D eigenvalue weighted by Gasteiger charge is -2.07. The second kappa shape index (κ2) is 5.56. The number of rotatable bonds is 3. The molecule has 1 aromatic heterocycles. The molecule has 0 amide bonds. The molecule has 0 aliphatic carbocycles. The van der Waals surface area contributed by atoms with Crippen LogP contribution in [0.5, 0.6) is 5.75 Å². The molecule has 4 heteroatoms. The zero-order chi connectivity index (χ0) is 15.7. The number of ether oxygens (including phenoxy) is 1. The van der Waals surface area contributed by atoms with E-state index in [-0.39, 0.29) is 5.56 Å². The maximum Gasteiger partial charge on any atom is 0.272 e. The van der Waals surface area contributed by atoms with E-state index in [1.54, 1.807) is 11.8 Å². The van der Waals surface area contributed by atoms with E-state index in [9.17, 15) is 4.79 Å². The van der Waals surface area contributed by atoms with Crippen LogP contribution in [0.15, 0.2) is 53.3 Å². The van der Waals surface area contributed by atoms with Gasteiger partial charge in [0.25, 0.3) is 5.56 Å². The topological polar surface area (TPSA) is 47.0 Å². The summed E-state index contributed by atoms with van der Waals surface area (Å²) in [5.74, 6) is 0.787. The van der Waals surface area contributed by atoms with Crippen LogP contribution in [0, 0.1) is 13.8 Å². The third-order valence-corrected chi connectivity index (χ3v) is 3.81. The highest BCUT2D eigenvalue weighted by molar-refractivity contribution is 5.66. The number of nitrogens with one attached hydrogen (secondary N) is 1. The summed E-state index contributed by atoms with van der Waals surface area (Å²) in [6.07, 6.45) is 0. The van der Waals surface area contributed by atoms with Gasteiger partial charge in [-0.2, -0.15) is 0 Å². The van der Waals surface area contributed by atoms with Crippen LogP contribution in [0.2, 0.25) is 0 Å². The molecule has 22 heavy (non-hydrogen) atoms. The zero-order valence-corrected chi connectivity index (χ0v) is 12.9. The highest BCUT2D eigenvalue weighted by Crippen LogP contribution is 2.23. The molecule has 4 nitrogen and oxygen atoms in total. The Bertz CT molecular complexity index is 840. The summed E-state index contributed by atoms with van der Waals surface area (Å²) >= 11 is 0. The summed E-state index contributed by atoms with van der Waals surface area (Å²) in [7, 11) is 1.63. The van der Waals surface area contributed by atoms with Gasteiger partial charge in [0.1, 0.15) is 5.75 Å². The molecule has 1 N–H and O–H groups in total. The normalized spacial score (nSPS) is 10.7. The van der Waals surface area contributed by atoms with Crippen molar-refractivity contribution in [2.24, 2.45) is 0 Å². The Morgan fingerprint density at radius 2 is 1.59 bits per heavy atom. The summed E-state index contributed by atoms with van der Waals surface area (Å²) in [5.41, 5.74) is 4.50. The standard InChI is InChI=1S/C18H18N2O2/c1-12-4-6-14(7-5-12)17-13(2)20(19-18(17)21)15-8-10-16(22-3)11-9-15/h4-11H,1-3H3,(H,19,21). The van der Waals surface area contributed by atoms with E-state index in [2.05, 4.69) is 5.10 Å². The van der Waals surface area contributed by atoms with Gasteiger partial charge in [-0.3, -0.25) is 14.6 Å². The van der Waals surface area contributed by atoms with Gasteiger partial charge in [0, 0.05) is 0 Å². The van der Waals surface area contributed by atoms with Gasteiger partial charge in [-0.25, -0.2) is 0 Å². The van der Waals surface area contributed by atoms with E-state index < -0.39 is 0 Å². The quantitative estimate of drug-likeness (QED) is 0.804. The number of hydrogen-bond donors (Lipinski definition) is 1. The van der Waals surface area contributed by atoms with Gasteiger partial charge in [0.2, 0.25) is 0 Å². The Morgan fingerprint density at radius 1 is 0.955 bits per heavy atom. The van der Waals surface area contributed by atoms with Gasteiger partial charge in [-0.1, -0.05) is 29.8 Å². The summed E-state index contributed by atoms with van der Waals surface area (Å²) < 4.78 is 6.97. The molecule has 0 atom stereocenters. The van der Waals surface area contributed by atoms with Crippen molar-refractivity contribution in [1.29, 1.82) is 0 Å². The van der Waals surface area contributed by atoms with E-state index in [1.807, 2.05) is 62.4 Å². The fourth-order valence-electron chi connectivity index (χ4n) is 2.57. The average molecular weight is 294 g/mol. The molecule has 0 aliphatic heterocycles. The van der Waals surface area contributed by atoms with Gasteiger partial charge >= 0.3 is 0 Å². The van der Waals surface area contributed by atoms with Gasteiger partial charge in [0.15, 0.2) is 0 Å². The first kappa shape index (κ1) is 14.2. The lowest BCUT2D eigenvalue weighted by atomic mass is 10.1. The van der Waals surface area contributed by atoms with Gasteiger partial charge in [0.05, 0.1) is 24.1 Å². The monoisotopic (exact) mass is 294 g/mol. The van der Waals surface area contributed by atoms with E-state index in [1.165, 1.54) is 5.56 Å². The van der Waals surface area contributed by atoms with Crippen LogP contribution in [0.1, 0.15) is 11.3 Å². The predicted octanol–water partition coefficient (Wildman–Crippen LogP) is 3.46. The summed E-state index contributed by atoms with van der Waals surface area (Å²) in [4.78, 5) is 12.3. The lowest BCUT2D eigenvalue weighted by molar-refractivity contribution is 0.414. The molecule has 0 bridgehead atoms. The number of H-pyrrole nitrogens is 1. The predicted molar refractivity (Wildman–Crippen MR) is 87.9 cm³/mol. The molecule has 0 radical (unpaired) electrons. The van der Waals surface area contributed by atoms with Crippen LogP contribution in [-0.4, -0.2) is 16.9 Å². The summed E-state index contributed by atoms with van der Waals surface area (Å²) in [6, 6.07) is 15.6. The van der Waals surface area contributed by atoms with E-state index in [0.717, 1.165) is 22.7 Å². The minimum Gasteiger partial charge on any atom is -0.497 e. The van der Waals surface area contributed by atoms with Crippen molar-refractivity contribution in [3.8, 4) is 22.6 Å². The smallest absolute Gasteiger partial charge is 0.272 e. The number of hydrogen-bond acceptors (Lipinski definition) is 2. The van der Waals surface area contributed by atoms with Crippen molar-refractivity contribution >= 4 is 0 Å². The molecule has 0 saturated heterocycles. The average Bonchev–Trinajstić information content (AvgIpc) is 2.83. The van der Waals surface area contributed by atoms with Crippen LogP contribution >= 0.6 is 0 Å². The van der Waals surface area contributed by atoms with Crippen molar-refractivity contribution < 1.29 is 4.74 Å². The van der Waals surface area contributed by atoms with E-state index >= 15 is 0 Å². The van der Waals surface area contributed by atoms with Gasteiger partial charge < -0.3 is 4.74 Å². The van der Waals surface area contributed by atoms with Gasteiger partial charge in [-0.15, -0.1) is 0 Å². The molecular weight excluding hydrogens is 276 g/mol. The minimum absolute atomic E-state index is 0.0860. The highest BCUT2D eigenvalue weighted by Gasteiger charge is 2.14. The van der Waals surface area contributed by atoms with Crippen LogP contribution in [0.4, 0.5) is 0 Å². The molecular formula is C18H18N2O2. The van der Waals surface area contributed by atoms with Crippen molar-refractivity contribution in [3.63, 3.8) is 0 Å². The maximum absolute atomic E-state index is 12.3. The SMILES string of the molecule is COc1ccc(-n2[nH]c(=O)c(-c3ccc(C)cc3)c2C)cc1. The molecule has 0 saturated carbocycles. The molecule has 1 heterocycles. The van der Waals surface area contributed by atoms with Crippen molar-refractivity contribution in [3.05, 3.63) is 70.1 Å². The zero-order valence-electron chi connectivity index (χ0n) is 12.9. The molecule has 3 aromatic rings. The number of methoxy groups -OCH3 is 1. The second-order valence-corrected chi connectivity index (χ2v) is 5.30. The molecule has 3 rings (SSSR count). The van der Waals surface area contributed by atoms with Crippen LogP contribution in [0.25, 0.3) is 16.8 Å². The highest BCUT2D eigenvalue weighted by atomic mass is 16.5. The van der Waals surface area contributed by atoms with Crippen LogP contribution in [-0.2, 0) is 0 Å². The number of aryl methyl sites for hydroxylation is 1. The van der Waals surface area contributed by atoms with Crippen molar-refractivity contribution in [2.45, 2.75) is 13.8 Å². The number of aromatic nitrogens is 2. The maximum atomic E-state index is 12.3. The number of benzene rings is 2. The summed E-state index contributed by atoms with van der Waals surface area (Å²) in [5, 5.41) is 2.90. The Balaban J connectivity index is 2.09. The first-order valence-electron chi connectivity index (χ1n) is 7.13. The largest absolute Gasteiger partial charge is 0.497 e. The first-order valence-corrected chi connectivity index (χ1v) is 7.13. The Labute approximate surface area is 129 Å². The fourth-order valence-corrected chi connectivity index (χ4v) is 2.57. The molecule has 0 unspecified atom stereocenters. The van der Waals surface area contributed by atoms with Crippen LogP contribution < -0.4 is 10.3 Å². The molecule has 0 aliphatic rings. The number of nitrogens with zero attached hydrogens (tertiary/aromatic N) is 1. The minimum atomic E-state index is -0.0860.